The van der Waals surface area contributed by atoms with Crippen molar-refractivity contribution in [3.63, 3.8) is 0 Å². The van der Waals surface area contributed by atoms with Crippen molar-refractivity contribution in [2.24, 2.45) is 0 Å². The quantitative estimate of drug-likeness (QED) is 0.760. The van der Waals surface area contributed by atoms with Crippen LogP contribution in [0.1, 0.15) is 34.7 Å². The highest BCUT2D eigenvalue weighted by Gasteiger charge is 2.15. The lowest BCUT2D eigenvalue weighted by atomic mass is 10.1. The molecule has 3 rings (SSSR count). The molecule has 0 spiro atoms. The third kappa shape index (κ3) is 3.40. The summed E-state index contributed by atoms with van der Waals surface area (Å²) >= 11 is 0. The second-order valence-electron chi connectivity index (χ2n) is 5.47. The minimum atomic E-state index is -0.207. The van der Waals surface area contributed by atoms with Crippen LogP contribution in [0.15, 0.2) is 48.5 Å². The third-order valence-electron chi connectivity index (χ3n) is 3.67. The van der Waals surface area contributed by atoms with Gasteiger partial charge in [-0.1, -0.05) is 24.3 Å². The van der Waals surface area contributed by atoms with E-state index in [9.17, 15) is 4.79 Å². The Morgan fingerprint density at radius 3 is 2.87 bits per heavy atom. The Hall–Kier alpha value is -2.66. The number of nitrogens with one attached hydrogen (secondary N) is 2. The van der Waals surface area contributed by atoms with Crippen molar-refractivity contribution in [1.29, 1.82) is 0 Å². The van der Waals surface area contributed by atoms with E-state index in [1.54, 1.807) is 13.2 Å². The molecule has 0 bridgehead atoms. The second kappa shape index (κ2) is 6.62. The average molecular weight is 309 g/mol. The maximum Gasteiger partial charge on any atom is 0.251 e. The number of carbonyl (C=O) groups is 1. The summed E-state index contributed by atoms with van der Waals surface area (Å²) in [4.78, 5) is 20.2. The van der Waals surface area contributed by atoms with E-state index in [0.29, 0.717) is 12.2 Å². The molecule has 5 heteroatoms. The molecule has 3 aromatic rings. The molecule has 1 aromatic heterocycles. The number of nitrogens with zero attached hydrogens (tertiary/aromatic N) is 1. The molecular weight excluding hydrogens is 290 g/mol. The second-order valence-corrected chi connectivity index (χ2v) is 5.47. The highest BCUT2D eigenvalue weighted by molar-refractivity contribution is 5.94. The summed E-state index contributed by atoms with van der Waals surface area (Å²) in [7, 11) is 1.64. The summed E-state index contributed by atoms with van der Waals surface area (Å²) in [6.07, 6.45) is 0. The highest BCUT2D eigenvalue weighted by Crippen LogP contribution is 2.16. The van der Waals surface area contributed by atoms with Gasteiger partial charge in [0.2, 0.25) is 0 Å². The monoisotopic (exact) mass is 309 g/mol. The highest BCUT2D eigenvalue weighted by atomic mass is 16.5. The van der Waals surface area contributed by atoms with E-state index < -0.39 is 0 Å². The predicted molar refractivity (Wildman–Crippen MR) is 89.1 cm³/mol. The third-order valence-corrected chi connectivity index (χ3v) is 3.67. The normalized spacial score (nSPS) is 12.3. The summed E-state index contributed by atoms with van der Waals surface area (Å²) in [5, 5.41) is 2.97. The van der Waals surface area contributed by atoms with E-state index in [4.69, 9.17) is 4.74 Å². The van der Waals surface area contributed by atoms with Crippen molar-refractivity contribution in [3.8, 4) is 0 Å². The van der Waals surface area contributed by atoms with Crippen molar-refractivity contribution in [2.75, 3.05) is 7.11 Å². The lowest BCUT2D eigenvalue weighted by Gasteiger charge is -2.12. The van der Waals surface area contributed by atoms with E-state index >= 15 is 0 Å². The number of carbonyl (C=O) groups excluding carboxylic acids is 1. The van der Waals surface area contributed by atoms with Crippen LogP contribution in [-0.4, -0.2) is 23.0 Å². The van der Waals surface area contributed by atoms with Crippen LogP contribution in [-0.2, 0) is 11.3 Å². The van der Waals surface area contributed by atoms with Crippen LogP contribution in [0.3, 0.4) is 0 Å². The summed E-state index contributed by atoms with van der Waals surface area (Å²) < 4.78 is 5.10. The van der Waals surface area contributed by atoms with Gasteiger partial charge in [0.15, 0.2) is 0 Å². The van der Waals surface area contributed by atoms with Crippen molar-refractivity contribution < 1.29 is 9.53 Å². The summed E-state index contributed by atoms with van der Waals surface area (Å²) in [5.74, 6) is 0.614. The number of aromatic nitrogens is 2. The number of ether oxygens (including phenoxy) is 1. The standard InChI is InChI=1S/C18H19N3O2/c1-12(17-20-15-8-3-4-9-16(15)21-17)19-18(22)14-7-5-6-13(10-14)11-23-2/h3-10,12H,11H2,1-2H3,(H,19,22)(H,20,21). The summed E-state index contributed by atoms with van der Waals surface area (Å²) in [6, 6.07) is 15.0. The van der Waals surface area contributed by atoms with Gasteiger partial charge in [-0.25, -0.2) is 4.98 Å². The number of H-pyrrole nitrogens is 1. The molecule has 0 aliphatic heterocycles. The minimum absolute atomic E-state index is 0.129. The number of para-hydroxylation sites is 2. The largest absolute Gasteiger partial charge is 0.380 e. The van der Waals surface area contributed by atoms with Gasteiger partial charge in [-0.05, 0) is 36.8 Å². The van der Waals surface area contributed by atoms with Gasteiger partial charge >= 0.3 is 0 Å². The molecule has 1 amide bonds. The zero-order chi connectivity index (χ0) is 16.2. The lowest BCUT2D eigenvalue weighted by molar-refractivity contribution is 0.0938. The molecule has 0 saturated carbocycles. The smallest absolute Gasteiger partial charge is 0.251 e. The Labute approximate surface area is 134 Å². The molecule has 2 aromatic carbocycles. The number of imidazole rings is 1. The van der Waals surface area contributed by atoms with Crippen LogP contribution >= 0.6 is 0 Å². The van der Waals surface area contributed by atoms with E-state index in [1.807, 2.05) is 49.4 Å². The van der Waals surface area contributed by atoms with Crippen LogP contribution in [0.2, 0.25) is 0 Å². The molecule has 0 radical (unpaired) electrons. The van der Waals surface area contributed by atoms with Gasteiger partial charge in [0.05, 0.1) is 23.7 Å². The van der Waals surface area contributed by atoms with Gasteiger partial charge in [0.1, 0.15) is 5.82 Å². The topological polar surface area (TPSA) is 67.0 Å². The molecule has 1 unspecified atom stereocenters. The molecule has 118 valence electrons. The van der Waals surface area contributed by atoms with Crippen molar-refractivity contribution >= 4 is 16.9 Å². The Bertz CT molecular complexity index is 793. The number of aromatic amines is 1. The molecule has 2 N–H and O–H groups in total. The van der Waals surface area contributed by atoms with Crippen LogP contribution in [0, 0.1) is 0 Å². The fourth-order valence-electron chi connectivity index (χ4n) is 2.49. The minimum Gasteiger partial charge on any atom is -0.380 e. The van der Waals surface area contributed by atoms with E-state index in [0.717, 1.165) is 22.4 Å². The van der Waals surface area contributed by atoms with Crippen LogP contribution in [0.4, 0.5) is 0 Å². The number of benzene rings is 2. The van der Waals surface area contributed by atoms with Gasteiger partial charge in [0.25, 0.3) is 5.91 Å². The van der Waals surface area contributed by atoms with Crippen LogP contribution < -0.4 is 5.32 Å². The maximum absolute atomic E-state index is 12.4. The number of amides is 1. The summed E-state index contributed by atoms with van der Waals surface area (Å²) in [5.41, 5.74) is 3.44. The van der Waals surface area contributed by atoms with Crippen molar-refractivity contribution in [2.45, 2.75) is 19.6 Å². The molecule has 23 heavy (non-hydrogen) atoms. The molecule has 0 aliphatic rings. The van der Waals surface area contributed by atoms with E-state index in [-0.39, 0.29) is 11.9 Å². The SMILES string of the molecule is COCc1cccc(C(=O)NC(C)c2nc3ccccc3[nH]2)c1. The Balaban J connectivity index is 1.75. The molecule has 0 saturated heterocycles. The maximum atomic E-state index is 12.4. The van der Waals surface area contributed by atoms with Gasteiger partial charge in [-0.3, -0.25) is 4.79 Å². The molecule has 5 nitrogen and oxygen atoms in total. The van der Waals surface area contributed by atoms with Gasteiger partial charge in [0, 0.05) is 12.7 Å². The molecule has 0 aliphatic carbocycles. The first-order valence-electron chi connectivity index (χ1n) is 7.51. The number of fused-ring (bicyclic) bond motifs is 1. The first kappa shape index (κ1) is 15.2. The van der Waals surface area contributed by atoms with Crippen LogP contribution in [0.25, 0.3) is 11.0 Å². The zero-order valence-corrected chi connectivity index (χ0v) is 13.2. The Kier molecular flexibility index (Phi) is 4.39. The van der Waals surface area contributed by atoms with Crippen molar-refractivity contribution in [1.82, 2.24) is 15.3 Å². The first-order chi connectivity index (χ1) is 11.2. The van der Waals surface area contributed by atoms with Gasteiger partial charge in [-0.2, -0.15) is 0 Å². The fourth-order valence-corrected chi connectivity index (χ4v) is 2.49. The number of methoxy groups -OCH3 is 1. The number of hydrogen-bond acceptors (Lipinski definition) is 3. The number of rotatable bonds is 5. The molecule has 1 heterocycles. The molecule has 0 fully saturated rings. The predicted octanol–water partition coefficient (Wildman–Crippen LogP) is 3.20. The Morgan fingerprint density at radius 2 is 2.09 bits per heavy atom. The molecule has 1 atom stereocenters. The lowest BCUT2D eigenvalue weighted by Crippen LogP contribution is -2.27. The van der Waals surface area contributed by atoms with Crippen molar-refractivity contribution in [3.05, 3.63) is 65.5 Å². The van der Waals surface area contributed by atoms with E-state index in [1.165, 1.54) is 0 Å². The van der Waals surface area contributed by atoms with Gasteiger partial charge in [-0.15, -0.1) is 0 Å². The first-order valence-corrected chi connectivity index (χ1v) is 7.51. The van der Waals surface area contributed by atoms with Crippen LogP contribution in [0.5, 0.6) is 0 Å². The zero-order valence-electron chi connectivity index (χ0n) is 13.2. The van der Waals surface area contributed by atoms with Gasteiger partial charge < -0.3 is 15.0 Å². The summed E-state index contributed by atoms with van der Waals surface area (Å²) in [6.45, 7) is 2.40. The Morgan fingerprint density at radius 1 is 1.26 bits per heavy atom. The average Bonchev–Trinajstić information content (AvgIpc) is 2.99. The molecular formula is C18H19N3O2. The van der Waals surface area contributed by atoms with E-state index in [2.05, 4.69) is 15.3 Å². The number of hydrogen-bond donors (Lipinski definition) is 2. The fraction of sp³-hybridized carbons (Fsp3) is 0.222.